The molecule has 0 fully saturated rings. The SMILES string of the molecule is CCCn1ncc(OC)c1C(NC)C(C)(C)C. The Morgan fingerprint density at radius 3 is 2.53 bits per heavy atom. The Labute approximate surface area is 104 Å². The highest BCUT2D eigenvalue weighted by Crippen LogP contribution is 2.37. The Morgan fingerprint density at radius 2 is 2.12 bits per heavy atom. The van der Waals surface area contributed by atoms with E-state index in [1.807, 2.05) is 11.7 Å². The fourth-order valence-corrected chi connectivity index (χ4v) is 2.20. The van der Waals surface area contributed by atoms with Crippen molar-refractivity contribution >= 4 is 0 Å². The Kier molecular flexibility index (Phi) is 4.57. The minimum absolute atomic E-state index is 0.119. The van der Waals surface area contributed by atoms with E-state index in [1.165, 1.54) is 0 Å². The monoisotopic (exact) mass is 239 g/mol. The minimum Gasteiger partial charge on any atom is -0.493 e. The lowest BCUT2D eigenvalue weighted by Gasteiger charge is -2.31. The molecule has 4 nitrogen and oxygen atoms in total. The van der Waals surface area contributed by atoms with Gasteiger partial charge in [0.1, 0.15) is 0 Å². The fourth-order valence-electron chi connectivity index (χ4n) is 2.20. The third-order valence-electron chi connectivity index (χ3n) is 2.93. The molecule has 0 saturated carbocycles. The van der Waals surface area contributed by atoms with Crippen LogP contribution in [0.4, 0.5) is 0 Å². The summed E-state index contributed by atoms with van der Waals surface area (Å²) >= 11 is 0. The molecule has 1 rings (SSSR count). The van der Waals surface area contributed by atoms with Gasteiger partial charge in [-0.05, 0) is 18.9 Å². The van der Waals surface area contributed by atoms with Gasteiger partial charge < -0.3 is 10.1 Å². The summed E-state index contributed by atoms with van der Waals surface area (Å²) in [6.45, 7) is 9.74. The van der Waals surface area contributed by atoms with E-state index in [9.17, 15) is 0 Å². The zero-order valence-electron chi connectivity index (χ0n) is 11.9. The molecule has 0 aromatic carbocycles. The number of rotatable bonds is 5. The van der Waals surface area contributed by atoms with Crippen LogP contribution in [0.5, 0.6) is 5.75 Å². The maximum absolute atomic E-state index is 5.43. The Balaban J connectivity index is 3.19. The summed E-state index contributed by atoms with van der Waals surface area (Å²) in [6.07, 6.45) is 2.87. The fraction of sp³-hybridized carbons (Fsp3) is 0.769. The Hall–Kier alpha value is -1.03. The van der Waals surface area contributed by atoms with E-state index >= 15 is 0 Å². The highest BCUT2D eigenvalue weighted by Gasteiger charge is 2.30. The molecule has 0 aliphatic heterocycles. The minimum atomic E-state index is 0.119. The van der Waals surface area contributed by atoms with Crippen molar-refractivity contribution in [2.45, 2.75) is 46.7 Å². The van der Waals surface area contributed by atoms with Crippen LogP contribution < -0.4 is 10.1 Å². The number of aromatic nitrogens is 2. The lowest BCUT2D eigenvalue weighted by Crippen LogP contribution is -2.32. The van der Waals surface area contributed by atoms with Gasteiger partial charge in [-0.15, -0.1) is 0 Å². The van der Waals surface area contributed by atoms with Crippen LogP contribution in [0, 0.1) is 5.41 Å². The molecule has 1 aromatic heterocycles. The van der Waals surface area contributed by atoms with Gasteiger partial charge in [0.2, 0.25) is 0 Å². The maximum atomic E-state index is 5.43. The molecule has 0 saturated heterocycles. The predicted molar refractivity (Wildman–Crippen MR) is 70.3 cm³/mol. The molecule has 0 aliphatic carbocycles. The third kappa shape index (κ3) is 3.00. The smallest absolute Gasteiger partial charge is 0.161 e. The van der Waals surface area contributed by atoms with Gasteiger partial charge in [-0.1, -0.05) is 27.7 Å². The molecule has 4 heteroatoms. The molecule has 98 valence electrons. The molecule has 1 N–H and O–H groups in total. The highest BCUT2D eigenvalue weighted by molar-refractivity contribution is 5.29. The number of methoxy groups -OCH3 is 1. The Bertz CT molecular complexity index is 352. The molecule has 0 spiro atoms. The second-order valence-corrected chi connectivity index (χ2v) is 5.41. The van der Waals surface area contributed by atoms with Crippen LogP contribution >= 0.6 is 0 Å². The number of nitrogens with one attached hydrogen (secondary N) is 1. The maximum Gasteiger partial charge on any atom is 0.161 e. The molecular formula is C13H25N3O. The third-order valence-corrected chi connectivity index (χ3v) is 2.93. The van der Waals surface area contributed by atoms with E-state index in [0.717, 1.165) is 24.4 Å². The van der Waals surface area contributed by atoms with Crippen molar-refractivity contribution in [3.05, 3.63) is 11.9 Å². The van der Waals surface area contributed by atoms with E-state index in [2.05, 4.69) is 38.1 Å². The first kappa shape index (κ1) is 14.0. The summed E-state index contributed by atoms with van der Waals surface area (Å²) in [6, 6.07) is 0.228. The van der Waals surface area contributed by atoms with Gasteiger partial charge >= 0.3 is 0 Å². The van der Waals surface area contributed by atoms with E-state index in [4.69, 9.17) is 4.74 Å². The van der Waals surface area contributed by atoms with Crippen molar-refractivity contribution in [3.8, 4) is 5.75 Å². The van der Waals surface area contributed by atoms with Crippen molar-refractivity contribution in [1.82, 2.24) is 15.1 Å². The van der Waals surface area contributed by atoms with Gasteiger partial charge in [0.05, 0.1) is 25.0 Å². The summed E-state index contributed by atoms with van der Waals surface area (Å²) in [5, 5.41) is 7.79. The van der Waals surface area contributed by atoms with Crippen molar-refractivity contribution < 1.29 is 4.74 Å². The van der Waals surface area contributed by atoms with Crippen LogP contribution in [0.3, 0.4) is 0 Å². The number of hydrogen-bond donors (Lipinski definition) is 1. The van der Waals surface area contributed by atoms with E-state index in [-0.39, 0.29) is 11.5 Å². The van der Waals surface area contributed by atoms with Gasteiger partial charge in [0.25, 0.3) is 0 Å². The van der Waals surface area contributed by atoms with Gasteiger partial charge in [-0.3, -0.25) is 4.68 Å². The number of hydrogen-bond acceptors (Lipinski definition) is 3. The zero-order valence-corrected chi connectivity index (χ0v) is 11.9. The zero-order chi connectivity index (χ0) is 13.1. The van der Waals surface area contributed by atoms with Crippen LogP contribution in [-0.2, 0) is 6.54 Å². The molecule has 0 radical (unpaired) electrons. The largest absolute Gasteiger partial charge is 0.493 e. The molecule has 0 amide bonds. The second-order valence-electron chi connectivity index (χ2n) is 5.41. The number of aryl methyl sites for hydroxylation is 1. The van der Waals surface area contributed by atoms with Crippen LogP contribution in [0.15, 0.2) is 6.20 Å². The van der Waals surface area contributed by atoms with Crippen LogP contribution in [0.1, 0.15) is 45.9 Å². The summed E-state index contributed by atoms with van der Waals surface area (Å²) in [7, 11) is 3.69. The normalized spacial score (nSPS) is 13.8. The molecule has 17 heavy (non-hydrogen) atoms. The van der Waals surface area contributed by atoms with Crippen molar-refractivity contribution in [2.75, 3.05) is 14.2 Å². The van der Waals surface area contributed by atoms with Crippen molar-refractivity contribution in [2.24, 2.45) is 5.41 Å². The molecule has 1 unspecified atom stereocenters. The van der Waals surface area contributed by atoms with Crippen LogP contribution in [0.25, 0.3) is 0 Å². The lowest BCUT2D eigenvalue weighted by molar-refractivity contribution is 0.262. The predicted octanol–water partition coefficient (Wildman–Crippen LogP) is 2.61. The Morgan fingerprint density at radius 1 is 1.47 bits per heavy atom. The first-order chi connectivity index (χ1) is 7.95. The average Bonchev–Trinajstić information content (AvgIpc) is 2.61. The van der Waals surface area contributed by atoms with Gasteiger partial charge in [-0.25, -0.2) is 0 Å². The molecule has 1 heterocycles. The molecule has 1 atom stereocenters. The van der Waals surface area contributed by atoms with Crippen molar-refractivity contribution in [3.63, 3.8) is 0 Å². The number of ether oxygens (including phenoxy) is 1. The van der Waals surface area contributed by atoms with Crippen LogP contribution in [-0.4, -0.2) is 23.9 Å². The van der Waals surface area contributed by atoms with E-state index in [1.54, 1.807) is 13.3 Å². The molecule has 1 aromatic rings. The van der Waals surface area contributed by atoms with Gasteiger partial charge in [-0.2, -0.15) is 5.10 Å². The first-order valence-electron chi connectivity index (χ1n) is 6.22. The summed E-state index contributed by atoms with van der Waals surface area (Å²) in [5.74, 6) is 0.868. The summed E-state index contributed by atoms with van der Waals surface area (Å²) < 4.78 is 7.47. The molecule has 0 aliphatic rings. The molecule has 0 bridgehead atoms. The summed E-state index contributed by atoms with van der Waals surface area (Å²) in [5.41, 5.74) is 1.26. The van der Waals surface area contributed by atoms with E-state index in [0.29, 0.717) is 0 Å². The highest BCUT2D eigenvalue weighted by atomic mass is 16.5. The summed E-state index contributed by atoms with van der Waals surface area (Å²) in [4.78, 5) is 0. The lowest BCUT2D eigenvalue weighted by atomic mass is 9.84. The van der Waals surface area contributed by atoms with Gasteiger partial charge in [0, 0.05) is 6.54 Å². The number of nitrogens with zero attached hydrogens (tertiary/aromatic N) is 2. The van der Waals surface area contributed by atoms with Crippen LogP contribution in [0.2, 0.25) is 0 Å². The average molecular weight is 239 g/mol. The molecular weight excluding hydrogens is 214 g/mol. The standard InChI is InChI=1S/C13H25N3O/c1-7-8-16-11(10(17-6)9-15-16)12(14-5)13(2,3)4/h9,12,14H,7-8H2,1-6H3. The second kappa shape index (κ2) is 5.54. The first-order valence-corrected chi connectivity index (χ1v) is 6.22. The topological polar surface area (TPSA) is 39.1 Å². The quantitative estimate of drug-likeness (QED) is 0.858. The van der Waals surface area contributed by atoms with E-state index < -0.39 is 0 Å². The van der Waals surface area contributed by atoms with Crippen molar-refractivity contribution in [1.29, 1.82) is 0 Å². The van der Waals surface area contributed by atoms with Gasteiger partial charge in [0.15, 0.2) is 5.75 Å².